The van der Waals surface area contributed by atoms with Crippen LogP contribution in [-0.4, -0.2) is 71.0 Å². The summed E-state index contributed by atoms with van der Waals surface area (Å²) in [6.07, 6.45) is 5.54. The van der Waals surface area contributed by atoms with Crippen molar-refractivity contribution < 1.29 is 9.53 Å². The van der Waals surface area contributed by atoms with Crippen LogP contribution in [0, 0.1) is 0 Å². The lowest BCUT2D eigenvalue weighted by atomic mass is 10.2. The number of carbonyl (C=O) groups is 1. The predicted molar refractivity (Wildman–Crippen MR) is 97.8 cm³/mol. The minimum atomic E-state index is -0.0465. The molecule has 0 aromatic carbocycles. The number of carbonyl (C=O) groups excluding carboxylic acids is 1. The molecule has 3 heterocycles. The van der Waals surface area contributed by atoms with Crippen LogP contribution in [-0.2, 0) is 18.2 Å². The summed E-state index contributed by atoms with van der Waals surface area (Å²) in [6, 6.07) is 2.14. The van der Waals surface area contributed by atoms with Crippen molar-refractivity contribution in [2.24, 2.45) is 7.05 Å². The Balaban J connectivity index is 1.65. The standard InChI is InChI=1S/C18H31N5O2/c1-4-7-14-10-17(21(2)20-14)19-18(24)23-13-16(25-3)11-15(23)12-22-8-5-6-9-22/h10,15-16H,4-9,11-13H2,1-3H3,(H,19,24)/t15-,16-/m0/s1. The third-order valence-corrected chi connectivity index (χ3v) is 5.31. The molecule has 0 bridgehead atoms. The van der Waals surface area contributed by atoms with E-state index in [-0.39, 0.29) is 18.2 Å². The minimum Gasteiger partial charge on any atom is -0.380 e. The number of amides is 2. The number of aromatic nitrogens is 2. The molecule has 2 atom stereocenters. The van der Waals surface area contributed by atoms with Gasteiger partial charge in [0.15, 0.2) is 0 Å². The number of nitrogens with zero attached hydrogens (tertiary/aromatic N) is 4. The molecule has 25 heavy (non-hydrogen) atoms. The van der Waals surface area contributed by atoms with Crippen LogP contribution in [0.15, 0.2) is 6.07 Å². The van der Waals surface area contributed by atoms with E-state index in [0.29, 0.717) is 6.54 Å². The van der Waals surface area contributed by atoms with Crippen molar-refractivity contribution in [2.75, 3.05) is 38.6 Å². The maximum absolute atomic E-state index is 12.9. The first kappa shape index (κ1) is 18.2. The summed E-state index contributed by atoms with van der Waals surface area (Å²) in [5.74, 6) is 0.759. The molecule has 2 amide bonds. The van der Waals surface area contributed by atoms with Crippen molar-refractivity contribution in [1.82, 2.24) is 19.6 Å². The lowest BCUT2D eigenvalue weighted by Crippen LogP contribution is -2.44. The van der Waals surface area contributed by atoms with Gasteiger partial charge in [-0.2, -0.15) is 5.10 Å². The molecule has 0 saturated carbocycles. The van der Waals surface area contributed by atoms with E-state index >= 15 is 0 Å². The Morgan fingerprint density at radius 2 is 2.16 bits per heavy atom. The van der Waals surface area contributed by atoms with Crippen LogP contribution in [0.3, 0.4) is 0 Å². The van der Waals surface area contributed by atoms with E-state index in [1.165, 1.54) is 12.8 Å². The number of aryl methyl sites for hydroxylation is 2. The van der Waals surface area contributed by atoms with Gasteiger partial charge in [-0.25, -0.2) is 4.79 Å². The lowest BCUT2D eigenvalue weighted by molar-refractivity contribution is 0.111. The van der Waals surface area contributed by atoms with Crippen LogP contribution < -0.4 is 5.32 Å². The van der Waals surface area contributed by atoms with Crippen LogP contribution in [0.4, 0.5) is 10.6 Å². The summed E-state index contributed by atoms with van der Waals surface area (Å²) in [5.41, 5.74) is 1.02. The summed E-state index contributed by atoms with van der Waals surface area (Å²) >= 11 is 0. The topological polar surface area (TPSA) is 62.6 Å². The minimum absolute atomic E-state index is 0.0465. The predicted octanol–water partition coefficient (Wildman–Crippen LogP) is 2.09. The Bertz CT molecular complexity index is 582. The van der Waals surface area contributed by atoms with E-state index in [9.17, 15) is 4.79 Å². The second-order valence-electron chi connectivity index (χ2n) is 7.23. The van der Waals surface area contributed by atoms with Crippen LogP contribution in [0.25, 0.3) is 0 Å². The molecule has 0 unspecified atom stereocenters. The number of hydrogen-bond donors (Lipinski definition) is 1. The Kier molecular flexibility index (Phi) is 5.96. The molecule has 2 saturated heterocycles. The molecule has 7 heteroatoms. The molecule has 1 N–H and O–H groups in total. The summed E-state index contributed by atoms with van der Waals surface area (Å²) in [4.78, 5) is 17.3. The Hall–Kier alpha value is -1.60. The van der Waals surface area contributed by atoms with E-state index in [1.807, 2.05) is 18.0 Å². The molecular formula is C18H31N5O2. The van der Waals surface area contributed by atoms with Gasteiger partial charge in [-0.3, -0.25) is 10.00 Å². The van der Waals surface area contributed by atoms with Gasteiger partial charge in [-0.05, 0) is 38.8 Å². The summed E-state index contributed by atoms with van der Waals surface area (Å²) < 4.78 is 7.29. The van der Waals surface area contributed by atoms with Gasteiger partial charge >= 0.3 is 6.03 Å². The first-order valence-corrected chi connectivity index (χ1v) is 9.46. The van der Waals surface area contributed by atoms with Crippen LogP contribution in [0.1, 0.15) is 38.3 Å². The Morgan fingerprint density at radius 3 is 2.84 bits per heavy atom. The highest BCUT2D eigenvalue weighted by Crippen LogP contribution is 2.24. The number of hydrogen-bond acceptors (Lipinski definition) is 4. The molecule has 3 rings (SSSR count). The van der Waals surface area contributed by atoms with Crippen molar-refractivity contribution in [2.45, 2.75) is 51.2 Å². The van der Waals surface area contributed by atoms with E-state index in [1.54, 1.807) is 11.8 Å². The largest absolute Gasteiger partial charge is 0.380 e. The molecule has 1 aromatic heterocycles. The van der Waals surface area contributed by atoms with Crippen LogP contribution >= 0.6 is 0 Å². The zero-order chi connectivity index (χ0) is 17.8. The quantitative estimate of drug-likeness (QED) is 0.854. The Morgan fingerprint density at radius 1 is 1.40 bits per heavy atom. The van der Waals surface area contributed by atoms with Crippen molar-refractivity contribution in [3.05, 3.63) is 11.8 Å². The number of nitrogens with one attached hydrogen (secondary N) is 1. The van der Waals surface area contributed by atoms with Gasteiger partial charge in [0, 0.05) is 39.4 Å². The van der Waals surface area contributed by atoms with Crippen LogP contribution in [0.5, 0.6) is 0 Å². The average molecular weight is 349 g/mol. The monoisotopic (exact) mass is 349 g/mol. The molecular weight excluding hydrogens is 318 g/mol. The maximum atomic E-state index is 12.9. The number of rotatable bonds is 6. The number of likely N-dealkylation sites (tertiary alicyclic amines) is 2. The van der Waals surface area contributed by atoms with E-state index < -0.39 is 0 Å². The second-order valence-corrected chi connectivity index (χ2v) is 7.23. The normalized spacial score (nSPS) is 24.2. The highest BCUT2D eigenvalue weighted by atomic mass is 16.5. The first-order chi connectivity index (χ1) is 12.1. The number of methoxy groups -OCH3 is 1. The van der Waals surface area contributed by atoms with E-state index in [2.05, 4.69) is 22.2 Å². The third kappa shape index (κ3) is 4.33. The van der Waals surface area contributed by atoms with Crippen molar-refractivity contribution in [3.8, 4) is 0 Å². The molecule has 2 fully saturated rings. The van der Waals surface area contributed by atoms with Gasteiger partial charge in [-0.15, -0.1) is 0 Å². The summed E-state index contributed by atoms with van der Waals surface area (Å²) in [5, 5.41) is 7.51. The van der Waals surface area contributed by atoms with Gasteiger partial charge in [0.1, 0.15) is 5.82 Å². The van der Waals surface area contributed by atoms with Gasteiger partial charge in [0.2, 0.25) is 0 Å². The second kappa shape index (κ2) is 8.19. The van der Waals surface area contributed by atoms with Gasteiger partial charge in [0.25, 0.3) is 0 Å². The zero-order valence-corrected chi connectivity index (χ0v) is 15.7. The smallest absolute Gasteiger partial charge is 0.323 e. The molecule has 7 nitrogen and oxygen atoms in total. The summed E-state index contributed by atoms with van der Waals surface area (Å²) in [7, 11) is 3.61. The zero-order valence-electron chi connectivity index (χ0n) is 15.7. The lowest BCUT2D eigenvalue weighted by Gasteiger charge is -2.28. The molecule has 140 valence electrons. The molecule has 0 aliphatic carbocycles. The number of anilines is 1. The third-order valence-electron chi connectivity index (χ3n) is 5.31. The number of urea groups is 1. The average Bonchev–Trinajstić information content (AvgIpc) is 3.30. The van der Waals surface area contributed by atoms with Gasteiger partial charge < -0.3 is 14.5 Å². The Labute approximate surface area is 150 Å². The van der Waals surface area contributed by atoms with E-state index in [0.717, 1.165) is 50.4 Å². The van der Waals surface area contributed by atoms with E-state index in [4.69, 9.17) is 4.74 Å². The van der Waals surface area contributed by atoms with Gasteiger partial charge in [-0.1, -0.05) is 13.3 Å². The molecule has 2 aliphatic rings. The fourth-order valence-electron chi connectivity index (χ4n) is 3.93. The molecule has 2 aliphatic heterocycles. The molecule has 0 radical (unpaired) electrons. The number of ether oxygens (including phenoxy) is 1. The van der Waals surface area contributed by atoms with Crippen molar-refractivity contribution >= 4 is 11.8 Å². The van der Waals surface area contributed by atoms with Crippen molar-refractivity contribution in [1.29, 1.82) is 0 Å². The summed E-state index contributed by atoms with van der Waals surface area (Å²) in [6.45, 7) is 6.02. The first-order valence-electron chi connectivity index (χ1n) is 9.46. The van der Waals surface area contributed by atoms with Gasteiger partial charge in [0.05, 0.1) is 11.8 Å². The fourth-order valence-corrected chi connectivity index (χ4v) is 3.93. The highest BCUT2D eigenvalue weighted by molar-refractivity contribution is 5.89. The molecule has 0 spiro atoms. The SMILES string of the molecule is CCCc1cc(NC(=O)N2C[C@@H](OC)C[C@H]2CN2CCCC2)n(C)n1. The van der Waals surface area contributed by atoms with Crippen molar-refractivity contribution in [3.63, 3.8) is 0 Å². The fraction of sp³-hybridized carbons (Fsp3) is 0.778. The maximum Gasteiger partial charge on any atom is 0.323 e. The highest BCUT2D eigenvalue weighted by Gasteiger charge is 2.37. The van der Waals surface area contributed by atoms with Crippen LogP contribution in [0.2, 0.25) is 0 Å². The molecule has 1 aromatic rings.